The molecule has 1 aromatic heterocycles. The molecule has 10 heteroatoms. The van der Waals surface area contributed by atoms with Crippen LogP contribution in [-0.4, -0.2) is 84.8 Å². The molecule has 2 saturated heterocycles. The predicted octanol–water partition coefficient (Wildman–Crippen LogP) is 2.61. The minimum atomic E-state index is -0.540. The molecule has 2 aromatic rings. The molecule has 2 fully saturated rings. The Morgan fingerprint density at radius 3 is 2.54 bits per heavy atom. The smallest absolute Gasteiger partial charge is 0.407 e. The fraction of sp³-hybridized carbons (Fsp3) is 0.520. The summed E-state index contributed by atoms with van der Waals surface area (Å²) in [5, 5.41) is 6.70. The van der Waals surface area contributed by atoms with Crippen LogP contribution >= 0.6 is 0 Å². The Kier molecular flexibility index (Phi) is 7.11. The molecule has 0 spiro atoms. The zero-order valence-electron chi connectivity index (χ0n) is 21.0. The van der Waals surface area contributed by atoms with Crippen molar-refractivity contribution in [3.63, 3.8) is 0 Å². The number of hydrogen-bond acceptors (Lipinski definition) is 8. The number of nitrogens with zero attached hydrogens (tertiary/aromatic N) is 5. The number of anilines is 3. The Balaban J connectivity index is 1.62. The number of ether oxygens (including phenoxy) is 1. The number of nitrogens with one attached hydrogen (secondary N) is 2. The summed E-state index contributed by atoms with van der Waals surface area (Å²) in [4.78, 5) is 40.6. The lowest BCUT2D eigenvalue weighted by molar-refractivity contribution is -0.111. The van der Waals surface area contributed by atoms with E-state index in [1.165, 1.54) is 6.08 Å². The monoisotopic (exact) mass is 481 g/mol. The van der Waals surface area contributed by atoms with Gasteiger partial charge in [-0.2, -0.15) is 4.98 Å². The van der Waals surface area contributed by atoms with Crippen LogP contribution in [0.1, 0.15) is 27.2 Å². The van der Waals surface area contributed by atoms with Gasteiger partial charge in [-0.3, -0.25) is 4.79 Å². The number of carbonyl (C=O) groups excluding carboxylic acids is 2. The minimum Gasteiger partial charge on any atom is -0.444 e. The van der Waals surface area contributed by atoms with Crippen molar-refractivity contribution >= 4 is 40.4 Å². The van der Waals surface area contributed by atoms with Crippen molar-refractivity contribution in [1.29, 1.82) is 0 Å². The van der Waals surface area contributed by atoms with Gasteiger partial charge in [0.15, 0.2) is 0 Å². The summed E-state index contributed by atoms with van der Waals surface area (Å²) in [5.74, 6) is 1.24. The molecule has 1 atom stereocenters. The van der Waals surface area contributed by atoms with E-state index in [9.17, 15) is 9.59 Å². The summed E-state index contributed by atoms with van der Waals surface area (Å²) in [6, 6.07) is 5.62. The topological polar surface area (TPSA) is 103 Å². The molecule has 2 aliphatic rings. The van der Waals surface area contributed by atoms with E-state index in [0.29, 0.717) is 18.2 Å². The van der Waals surface area contributed by atoms with E-state index in [1.807, 2.05) is 39.0 Å². The van der Waals surface area contributed by atoms with E-state index in [2.05, 4.69) is 39.0 Å². The normalized spacial score (nSPS) is 19.0. The molecule has 2 N–H and O–H groups in total. The largest absolute Gasteiger partial charge is 0.444 e. The van der Waals surface area contributed by atoms with Gasteiger partial charge in [0.1, 0.15) is 11.4 Å². The first-order valence-electron chi connectivity index (χ1n) is 12.0. The molecular weight excluding hydrogens is 446 g/mol. The van der Waals surface area contributed by atoms with Crippen LogP contribution in [0, 0.1) is 0 Å². The van der Waals surface area contributed by atoms with Crippen molar-refractivity contribution in [3.05, 3.63) is 30.9 Å². The van der Waals surface area contributed by atoms with Crippen molar-refractivity contribution < 1.29 is 14.3 Å². The summed E-state index contributed by atoms with van der Waals surface area (Å²) in [6.45, 7) is 14.0. The van der Waals surface area contributed by atoms with Gasteiger partial charge in [-0.05, 0) is 58.5 Å². The number of hydrogen-bond donors (Lipinski definition) is 2. The number of amides is 2. The summed E-state index contributed by atoms with van der Waals surface area (Å²) < 4.78 is 5.43. The molecule has 0 unspecified atom stereocenters. The number of rotatable bonds is 5. The van der Waals surface area contributed by atoms with Crippen LogP contribution in [0.5, 0.6) is 0 Å². The average molecular weight is 482 g/mol. The van der Waals surface area contributed by atoms with Gasteiger partial charge in [0.05, 0.1) is 11.6 Å². The third-order valence-electron chi connectivity index (χ3n) is 6.11. The third-order valence-corrected chi connectivity index (χ3v) is 6.11. The number of likely N-dealkylation sites (N-methyl/N-ethyl adjacent to an activating group) is 1. The van der Waals surface area contributed by atoms with Crippen LogP contribution in [0.3, 0.4) is 0 Å². The van der Waals surface area contributed by atoms with Gasteiger partial charge < -0.3 is 30.1 Å². The first-order valence-corrected chi connectivity index (χ1v) is 12.0. The van der Waals surface area contributed by atoms with E-state index >= 15 is 0 Å². The molecule has 0 radical (unpaired) electrons. The zero-order chi connectivity index (χ0) is 25.2. The number of piperazine rings is 1. The molecular formula is C25H35N7O3. The second kappa shape index (κ2) is 10.1. The standard InChI is InChI=1S/C25H35N7O3/c1-6-21(33)26-17-7-8-19-20(15-17)28-23(31-13-11-30(5)12-14-31)29-22(19)32-10-9-18(16-32)27-24(34)35-25(2,3)4/h6-8,15,18H,1,9-14,16H2,2-5H3,(H,26,33)(H,27,34)/t18-/m1/s1. The number of aromatic nitrogens is 2. The van der Waals surface area contributed by atoms with Crippen molar-refractivity contribution in [2.75, 3.05) is 61.4 Å². The summed E-state index contributed by atoms with van der Waals surface area (Å²) >= 11 is 0. The van der Waals surface area contributed by atoms with Crippen molar-refractivity contribution in [2.24, 2.45) is 0 Å². The fourth-order valence-electron chi connectivity index (χ4n) is 4.31. The van der Waals surface area contributed by atoms with Gasteiger partial charge >= 0.3 is 6.09 Å². The van der Waals surface area contributed by atoms with Crippen LogP contribution in [-0.2, 0) is 9.53 Å². The summed E-state index contributed by atoms with van der Waals surface area (Å²) in [6.07, 6.45) is 1.63. The lowest BCUT2D eigenvalue weighted by Gasteiger charge is -2.33. The van der Waals surface area contributed by atoms with E-state index in [4.69, 9.17) is 14.7 Å². The number of fused-ring (bicyclic) bond motifs is 1. The van der Waals surface area contributed by atoms with Crippen LogP contribution in [0.4, 0.5) is 22.2 Å². The molecule has 1 aromatic carbocycles. The summed E-state index contributed by atoms with van der Waals surface area (Å²) in [7, 11) is 2.11. The Morgan fingerprint density at radius 2 is 1.86 bits per heavy atom. The van der Waals surface area contributed by atoms with Gasteiger partial charge in [-0.15, -0.1) is 0 Å². The minimum absolute atomic E-state index is 0.0342. The molecule has 188 valence electrons. The maximum absolute atomic E-state index is 12.3. The first kappa shape index (κ1) is 24.7. The van der Waals surface area contributed by atoms with Crippen LogP contribution in [0.15, 0.2) is 30.9 Å². The number of carbonyl (C=O) groups is 2. The lowest BCUT2D eigenvalue weighted by Crippen LogP contribution is -2.45. The van der Waals surface area contributed by atoms with Crippen LogP contribution in [0.25, 0.3) is 10.9 Å². The lowest BCUT2D eigenvalue weighted by atomic mass is 10.2. The molecule has 4 rings (SSSR count). The van der Waals surface area contributed by atoms with Crippen molar-refractivity contribution in [1.82, 2.24) is 20.2 Å². The van der Waals surface area contributed by atoms with Crippen molar-refractivity contribution in [3.8, 4) is 0 Å². The van der Waals surface area contributed by atoms with Gasteiger partial charge in [-0.25, -0.2) is 9.78 Å². The first-order chi connectivity index (χ1) is 16.6. The molecule has 0 saturated carbocycles. The maximum atomic E-state index is 12.3. The fourth-order valence-corrected chi connectivity index (χ4v) is 4.31. The second-order valence-corrected chi connectivity index (χ2v) is 10.1. The molecule has 10 nitrogen and oxygen atoms in total. The molecule has 0 bridgehead atoms. The van der Waals surface area contributed by atoms with E-state index < -0.39 is 11.7 Å². The van der Waals surface area contributed by atoms with E-state index in [-0.39, 0.29) is 11.9 Å². The SMILES string of the molecule is C=CC(=O)Nc1ccc2c(N3CC[C@@H](NC(=O)OC(C)(C)C)C3)nc(N3CCN(C)CC3)nc2c1. The van der Waals surface area contributed by atoms with Gasteiger partial charge in [0, 0.05) is 50.3 Å². The highest BCUT2D eigenvalue weighted by molar-refractivity contribution is 6.01. The Hall–Kier alpha value is -3.40. The zero-order valence-corrected chi connectivity index (χ0v) is 21.0. The highest BCUT2D eigenvalue weighted by Crippen LogP contribution is 2.31. The van der Waals surface area contributed by atoms with Crippen molar-refractivity contribution in [2.45, 2.75) is 38.8 Å². The van der Waals surface area contributed by atoms with Gasteiger partial charge in [-0.1, -0.05) is 6.58 Å². The molecule has 0 aliphatic carbocycles. The third kappa shape index (κ3) is 6.19. The van der Waals surface area contributed by atoms with Gasteiger partial charge in [0.2, 0.25) is 11.9 Å². The average Bonchev–Trinajstić information content (AvgIpc) is 3.25. The van der Waals surface area contributed by atoms with Crippen LogP contribution in [0.2, 0.25) is 0 Å². The highest BCUT2D eigenvalue weighted by Gasteiger charge is 2.29. The quantitative estimate of drug-likeness (QED) is 0.629. The molecule has 3 heterocycles. The number of alkyl carbamates (subject to hydrolysis) is 1. The van der Waals surface area contributed by atoms with Gasteiger partial charge in [0.25, 0.3) is 0 Å². The highest BCUT2D eigenvalue weighted by atomic mass is 16.6. The second-order valence-electron chi connectivity index (χ2n) is 10.1. The predicted molar refractivity (Wildman–Crippen MR) is 138 cm³/mol. The summed E-state index contributed by atoms with van der Waals surface area (Å²) in [5.41, 5.74) is 0.873. The Labute approximate surface area is 206 Å². The molecule has 2 aliphatic heterocycles. The van der Waals surface area contributed by atoms with Crippen LogP contribution < -0.4 is 20.4 Å². The molecule has 35 heavy (non-hydrogen) atoms. The van der Waals surface area contributed by atoms with E-state index in [0.717, 1.165) is 55.9 Å². The Morgan fingerprint density at radius 1 is 1.11 bits per heavy atom. The Bertz CT molecular complexity index is 1110. The maximum Gasteiger partial charge on any atom is 0.407 e. The number of benzene rings is 1. The van der Waals surface area contributed by atoms with E-state index in [1.54, 1.807) is 0 Å². The molecule has 2 amide bonds.